The van der Waals surface area contributed by atoms with Crippen LogP contribution in [0.2, 0.25) is 0 Å². The number of pyridine rings is 1. The van der Waals surface area contributed by atoms with Crippen LogP contribution in [0.3, 0.4) is 0 Å². The quantitative estimate of drug-likeness (QED) is 0.881. The fourth-order valence-electron chi connectivity index (χ4n) is 3.07. The van der Waals surface area contributed by atoms with E-state index in [-0.39, 0.29) is 0 Å². The number of amides is 1. The van der Waals surface area contributed by atoms with Crippen LogP contribution < -0.4 is 20.7 Å². The first-order valence-electron chi connectivity index (χ1n) is 8.06. The summed E-state index contributed by atoms with van der Waals surface area (Å²) >= 11 is 0. The molecule has 0 atom stereocenters. The maximum atomic E-state index is 11.6. The highest BCUT2D eigenvalue weighted by Crippen LogP contribution is 2.25. The Morgan fingerprint density at radius 2 is 2.12 bits per heavy atom. The SMILES string of the molecule is COc1cccc(NC2CCN(c3ccncc3C(N)=O)CC2)c1. The fraction of sp³-hybridized carbons (Fsp3) is 0.333. The van der Waals surface area contributed by atoms with E-state index in [9.17, 15) is 4.79 Å². The number of carbonyl (C=O) groups is 1. The molecule has 6 nitrogen and oxygen atoms in total. The van der Waals surface area contributed by atoms with Crippen molar-refractivity contribution in [3.63, 3.8) is 0 Å². The van der Waals surface area contributed by atoms with E-state index < -0.39 is 5.91 Å². The van der Waals surface area contributed by atoms with E-state index >= 15 is 0 Å². The summed E-state index contributed by atoms with van der Waals surface area (Å²) < 4.78 is 5.26. The van der Waals surface area contributed by atoms with Crippen LogP contribution >= 0.6 is 0 Å². The Labute approximate surface area is 141 Å². The summed E-state index contributed by atoms with van der Waals surface area (Å²) in [6.45, 7) is 1.73. The number of piperidine rings is 1. The molecule has 1 amide bonds. The van der Waals surface area contributed by atoms with Gasteiger partial charge in [0, 0.05) is 43.3 Å². The van der Waals surface area contributed by atoms with Crippen LogP contribution in [-0.4, -0.2) is 37.1 Å². The first-order valence-corrected chi connectivity index (χ1v) is 8.06. The predicted molar refractivity (Wildman–Crippen MR) is 94.6 cm³/mol. The first kappa shape index (κ1) is 16.1. The molecule has 2 aromatic rings. The van der Waals surface area contributed by atoms with Crippen molar-refractivity contribution in [3.8, 4) is 5.75 Å². The number of methoxy groups -OCH3 is 1. The highest BCUT2D eigenvalue weighted by molar-refractivity contribution is 5.98. The lowest BCUT2D eigenvalue weighted by Gasteiger charge is -2.35. The van der Waals surface area contributed by atoms with Crippen LogP contribution in [0.5, 0.6) is 5.75 Å². The second-order valence-electron chi connectivity index (χ2n) is 5.89. The van der Waals surface area contributed by atoms with E-state index in [1.54, 1.807) is 13.3 Å². The molecule has 0 radical (unpaired) electrons. The van der Waals surface area contributed by atoms with Gasteiger partial charge in [-0.15, -0.1) is 0 Å². The Balaban J connectivity index is 1.63. The van der Waals surface area contributed by atoms with E-state index in [1.807, 2.05) is 30.3 Å². The molecule has 0 bridgehead atoms. The van der Waals surface area contributed by atoms with E-state index in [0.29, 0.717) is 11.6 Å². The lowest BCUT2D eigenvalue weighted by atomic mass is 10.0. The number of ether oxygens (including phenoxy) is 1. The normalized spacial score (nSPS) is 15.1. The Morgan fingerprint density at radius 3 is 2.83 bits per heavy atom. The number of hydrogen-bond donors (Lipinski definition) is 2. The lowest BCUT2D eigenvalue weighted by Crippen LogP contribution is -2.40. The van der Waals surface area contributed by atoms with Gasteiger partial charge in [-0.25, -0.2) is 0 Å². The number of anilines is 2. The molecule has 1 aliphatic rings. The molecule has 1 fully saturated rings. The highest BCUT2D eigenvalue weighted by Gasteiger charge is 2.22. The zero-order valence-corrected chi connectivity index (χ0v) is 13.7. The largest absolute Gasteiger partial charge is 0.497 e. The predicted octanol–water partition coefficient (Wildman–Crippen LogP) is 2.27. The number of primary amides is 1. The minimum Gasteiger partial charge on any atom is -0.497 e. The fourth-order valence-corrected chi connectivity index (χ4v) is 3.07. The third-order valence-electron chi connectivity index (χ3n) is 4.34. The average molecular weight is 326 g/mol. The number of aromatic nitrogens is 1. The number of rotatable bonds is 5. The monoisotopic (exact) mass is 326 g/mol. The van der Waals surface area contributed by atoms with Gasteiger partial charge in [-0.3, -0.25) is 9.78 Å². The van der Waals surface area contributed by atoms with Crippen LogP contribution in [0.15, 0.2) is 42.7 Å². The second-order valence-corrected chi connectivity index (χ2v) is 5.89. The van der Waals surface area contributed by atoms with E-state index in [4.69, 9.17) is 10.5 Å². The topological polar surface area (TPSA) is 80.5 Å². The van der Waals surface area contributed by atoms with Gasteiger partial charge in [-0.05, 0) is 31.0 Å². The lowest BCUT2D eigenvalue weighted by molar-refractivity contribution is 0.100. The summed E-state index contributed by atoms with van der Waals surface area (Å²) in [6.07, 6.45) is 5.20. The third kappa shape index (κ3) is 3.59. The summed E-state index contributed by atoms with van der Waals surface area (Å²) in [4.78, 5) is 17.8. The molecule has 126 valence electrons. The zero-order valence-electron chi connectivity index (χ0n) is 13.7. The summed E-state index contributed by atoms with van der Waals surface area (Å²) in [5.74, 6) is 0.412. The summed E-state index contributed by atoms with van der Waals surface area (Å²) in [6, 6.07) is 10.2. The van der Waals surface area contributed by atoms with Crippen molar-refractivity contribution in [1.82, 2.24) is 4.98 Å². The molecule has 1 aliphatic heterocycles. The molecule has 0 aliphatic carbocycles. The van der Waals surface area contributed by atoms with Gasteiger partial charge in [0.05, 0.1) is 18.4 Å². The van der Waals surface area contributed by atoms with Gasteiger partial charge in [0.2, 0.25) is 0 Å². The van der Waals surface area contributed by atoms with Gasteiger partial charge >= 0.3 is 0 Å². The molecular formula is C18H22N4O2. The molecule has 6 heteroatoms. The minimum atomic E-state index is -0.435. The maximum Gasteiger partial charge on any atom is 0.252 e. The van der Waals surface area contributed by atoms with Crippen molar-refractivity contribution in [1.29, 1.82) is 0 Å². The van der Waals surface area contributed by atoms with Crippen molar-refractivity contribution < 1.29 is 9.53 Å². The average Bonchev–Trinajstić information content (AvgIpc) is 2.62. The molecule has 24 heavy (non-hydrogen) atoms. The Morgan fingerprint density at radius 1 is 1.33 bits per heavy atom. The molecule has 1 saturated heterocycles. The highest BCUT2D eigenvalue weighted by atomic mass is 16.5. The summed E-state index contributed by atoms with van der Waals surface area (Å²) in [5.41, 5.74) is 7.87. The van der Waals surface area contributed by atoms with Gasteiger partial charge < -0.3 is 20.7 Å². The zero-order chi connectivity index (χ0) is 16.9. The van der Waals surface area contributed by atoms with Crippen molar-refractivity contribution in [2.75, 3.05) is 30.4 Å². The van der Waals surface area contributed by atoms with Gasteiger partial charge in [-0.1, -0.05) is 6.07 Å². The van der Waals surface area contributed by atoms with Gasteiger partial charge in [0.1, 0.15) is 5.75 Å². The van der Waals surface area contributed by atoms with Crippen molar-refractivity contribution in [3.05, 3.63) is 48.3 Å². The number of nitrogens with two attached hydrogens (primary N) is 1. The Hall–Kier alpha value is -2.76. The molecule has 1 aromatic heterocycles. The van der Waals surface area contributed by atoms with Crippen LogP contribution in [0.1, 0.15) is 23.2 Å². The van der Waals surface area contributed by atoms with Crippen molar-refractivity contribution in [2.45, 2.75) is 18.9 Å². The van der Waals surface area contributed by atoms with Crippen molar-refractivity contribution in [2.24, 2.45) is 5.73 Å². The van der Waals surface area contributed by atoms with E-state index in [0.717, 1.165) is 43.1 Å². The Kier molecular flexibility index (Phi) is 4.84. The standard InChI is InChI=1S/C18H22N4O2/c1-24-15-4-2-3-14(11-15)21-13-6-9-22(10-7-13)17-5-8-20-12-16(17)18(19)23/h2-5,8,11-13,21H,6-7,9-10H2,1H3,(H2,19,23). The van der Waals surface area contributed by atoms with Crippen LogP contribution in [0, 0.1) is 0 Å². The number of benzene rings is 1. The molecule has 0 saturated carbocycles. The van der Waals surface area contributed by atoms with E-state index in [1.165, 1.54) is 6.20 Å². The smallest absolute Gasteiger partial charge is 0.252 e. The first-order chi connectivity index (χ1) is 11.7. The number of hydrogen-bond acceptors (Lipinski definition) is 5. The second kappa shape index (κ2) is 7.21. The van der Waals surface area contributed by atoms with Gasteiger partial charge in [0.15, 0.2) is 0 Å². The Bertz CT molecular complexity index is 712. The molecular weight excluding hydrogens is 304 g/mol. The maximum absolute atomic E-state index is 11.6. The minimum absolute atomic E-state index is 0.396. The molecule has 3 rings (SSSR count). The summed E-state index contributed by atoms with van der Waals surface area (Å²) in [7, 11) is 1.67. The number of nitrogens with zero attached hydrogens (tertiary/aromatic N) is 2. The molecule has 1 aromatic carbocycles. The molecule has 0 spiro atoms. The van der Waals surface area contributed by atoms with Crippen LogP contribution in [0.25, 0.3) is 0 Å². The van der Waals surface area contributed by atoms with Crippen LogP contribution in [-0.2, 0) is 0 Å². The number of nitrogens with one attached hydrogen (secondary N) is 1. The van der Waals surface area contributed by atoms with Gasteiger partial charge in [-0.2, -0.15) is 0 Å². The molecule has 2 heterocycles. The van der Waals surface area contributed by atoms with Crippen molar-refractivity contribution >= 4 is 17.3 Å². The number of carbonyl (C=O) groups excluding carboxylic acids is 1. The summed E-state index contributed by atoms with van der Waals surface area (Å²) in [5, 5.41) is 3.55. The van der Waals surface area contributed by atoms with E-state index in [2.05, 4.69) is 15.2 Å². The molecule has 0 unspecified atom stereocenters. The third-order valence-corrected chi connectivity index (χ3v) is 4.34. The van der Waals surface area contributed by atoms with Gasteiger partial charge in [0.25, 0.3) is 5.91 Å². The van der Waals surface area contributed by atoms with Crippen LogP contribution in [0.4, 0.5) is 11.4 Å². The molecule has 3 N–H and O–H groups in total.